The van der Waals surface area contributed by atoms with Gasteiger partial charge in [0.05, 0.1) is 0 Å². The van der Waals surface area contributed by atoms with Crippen LogP contribution in [0.5, 0.6) is 0 Å². The van der Waals surface area contributed by atoms with Crippen molar-refractivity contribution in [3.8, 4) is 0 Å². The minimum atomic E-state index is -1.04. The first kappa shape index (κ1) is 11.9. The van der Waals surface area contributed by atoms with Crippen LogP contribution in [-0.2, 0) is 4.79 Å². The first-order chi connectivity index (χ1) is 3.66. The Hall–Kier alpha value is 0.210. The van der Waals surface area contributed by atoms with Crippen molar-refractivity contribution >= 4 is 5.97 Å². The fourth-order valence-electron chi connectivity index (χ4n) is 0.329. The molecule has 0 amide bonds. The van der Waals surface area contributed by atoms with E-state index in [0.29, 0.717) is 12.0 Å². The van der Waals surface area contributed by atoms with Gasteiger partial charge in [-0.25, -0.2) is 0 Å². The zero-order valence-electron chi connectivity index (χ0n) is 5.94. The molecule has 0 saturated carbocycles. The molecule has 0 aliphatic heterocycles. The predicted molar refractivity (Wildman–Crippen MR) is 29.1 cm³/mol. The van der Waals surface area contributed by atoms with Crippen LogP contribution in [0.2, 0.25) is 0 Å². The van der Waals surface area contributed by atoms with Gasteiger partial charge >= 0.3 is 29.6 Å². The number of carboxylic acid groups (broad SMARTS) is 1. The van der Waals surface area contributed by atoms with Gasteiger partial charge in [-0.1, -0.05) is 19.1 Å². The Labute approximate surface area is 77.2 Å². The molecule has 0 aromatic heterocycles. The summed E-state index contributed by atoms with van der Waals surface area (Å²) in [7, 11) is 0. The molecule has 0 heterocycles. The number of carboxylic acids is 1. The topological polar surface area (TPSA) is 40.1 Å². The fourth-order valence-corrected chi connectivity index (χ4v) is 0.329. The van der Waals surface area contributed by atoms with Crippen molar-refractivity contribution in [2.75, 3.05) is 0 Å². The van der Waals surface area contributed by atoms with Gasteiger partial charge in [0.15, 0.2) is 0 Å². The van der Waals surface area contributed by atoms with Crippen LogP contribution in [0.4, 0.5) is 0 Å². The standard InChI is InChI=1S/C6H10O2.Na/c1-3-5(2)4-6(7)8;/h2-4H2,1H3,(H,7,8);/q;+1/p-1. The summed E-state index contributed by atoms with van der Waals surface area (Å²) in [5, 5.41) is 9.80. The van der Waals surface area contributed by atoms with E-state index in [1.54, 1.807) is 0 Å². The third kappa shape index (κ3) is 8.21. The summed E-state index contributed by atoms with van der Waals surface area (Å²) in [4.78, 5) is 9.80. The molecule has 0 aromatic rings. The third-order valence-corrected chi connectivity index (χ3v) is 0.894. The van der Waals surface area contributed by atoms with Gasteiger partial charge in [0.1, 0.15) is 0 Å². The first-order valence-electron chi connectivity index (χ1n) is 2.53. The summed E-state index contributed by atoms with van der Waals surface area (Å²) < 4.78 is 0. The molecular weight excluding hydrogens is 127 g/mol. The van der Waals surface area contributed by atoms with Crippen molar-refractivity contribution in [3.05, 3.63) is 12.2 Å². The molecule has 0 radical (unpaired) electrons. The zero-order valence-corrected chi connectivity index (χ0v) is 7.94. The van der Waals surface area contributed by atoms with E-state index in [4.69, 9.17) is 0 Å². The van der Waals surface area contributed by atoms with E-state index in [1.165, 1.54) is 0 Å². The Morgan fingerprint density at radius 3 is 2.22 bits per heavy atom. The molecule has 0 aromatic carbocycles. The van der Waals surface area contributed by atoms with Gasteiger partial charge < -0.3 is 9.90 Å². The van der Waals surface area contributed by atoms with Crippen LogP contribution in [0.25, 0.3) is 0 Å². The van der Waals surface area contributed by atoms with Crippen molar-refractivity contribution in [1.29, 1.82) is 0 Å². The van der Waals surface area contributed by atoms with Crippen molar-refractivity contribution in [1.82, 2.24) is 0 Å². The Morgan fingerprint density at radius 2 is 2.11 bits per heavy atom. The van der Waals surface area contributed by atoms with E-state index >= 15 is 0 Å². The van der Waals surface area contributed by atoms with E-state index < -0.39 is 5.97 Å². The number of hydrogen-bond donors (Lipinski definition) is 0. The van der Waals surface area contributed by atoms with Crippen LogP contribution < -0.4 is 34.7 Å². The second kappa shape index (κ2) is 6.33. The smallest absolute Gasteiger partial charge is 0.550 e. The largest absolute Gasteiger partial charge is 1.00 e. The van der Waals surface area contributed by atoms with Gasteiger partial charge in [0.25, 0.3) is 0 Å². The molecule has 9 heavy (non-hydrogen) atoms. The van der Waals surface area contributed by atoms with Gasteiger partial charge in [0.2, 0.25) is 0 Å². The molecule has 0 unspecified atom stereocenters. The van der Waals surface area contributed by atoms with Gasteiger partial charge in [-0.2, -0.15) is 0 Å². The maximum absolute atomic E-state index is 9.80. The van der Waals surface area contributed by atoms with E-state index in [0.717, 1.165) is 0 Å². The molecule has 0 atom stereocenters. The monoisotopic (exact) mass is 136 g/mol. The molecule has 0 N–H and O–H groups in total. The summed E-state index contributed by atoms with van der Waals surface area (Å²) in [6, 6.07) is 0. The summed E-state index contributed by atoms with van der Waals surface area (Å²) in [5.41, 5.74) is 0.713. The maximum atomic E-state index is 9.80. The van der Waals surface area contributed by atoms with Gasteiger partial charge in [-0.15, -0.1) is 0 Å². The molecule has 0 spiro atoms. The van der Waals surface area contributed by atoms with E-state index in [-0.39, 0.29) is 36.0 Å². The van der Waals surface area contributed by atoms with E-state index in [2.05, 4.69) is 6.58 Å². The number of aliphatic carboxylic acids is 1. The van der Waals surface area contributed by atoms with Crippen LogP contribution in [-0.4, -0.2) is 5.97 Å². The number of rotatable bonds is 3. The normalized spacial score (nSPS) is 7.67. The zero-order chi connectivity index (χ0) is 6.57. The Morgan fingerprint density at radius 1 is 1.67 bits per heavy atom. The van der Waals surface area contributed by atoms with Crippen molar-refractivity contribution in [2.24, 2.45) is 0 Å². The number of carbonyl (C=O) groups excluding carboxylic acids is 1. The Bertz CT molecular complexity index is 110. The molecule has 0 bridgehead atoms. The minimum absolute atomic E-state index is 0. The molecule has 0 saturated heterocycles. The van der Waals surface area contributed by atoms with Crippen molar-refractivity contribution in [2.45, 2.75) is 19.8 Å². The van der Waals surface area contributed by atoms with Crippen LogP contribution in [0, 0.1) is 0 Å². The summed E-state index contributed by atoms with van der Waals surface area (Å²) in [6.07, 6.45) is 0.713. The fraction of sp³-hybridized carbons (Fsp3) is 0.500. The SMILES string of the molecule is C=C(CC)CC(=O)[O-].[Na+]. The Balaban J connectivity index is 0. The quantitative estimate of drug-likeness (QED) is 0.308. The van der Waals surface area contributed by atoms with Crippen LogP contribution in [0.3, 0.4) is 0 Å². The third-order valence-electron chi connectivity index (χ3n) is 0.894. The van der Waals surface area contributed by atoms with Crippen LogP contribution >= 0.6 is 0 Å². The van der Waals surface area contributed by atoms with E-state index in [1.807, 2.05) is 6.92 Å². The summed E-state index contributed by atoms with van der Waals surface area (Å²) in [6.45, 7) is 5.36. The molecular formula is C6H9NaO2. The average molecular weight is 136 g/mol. The maximum Gasteiger partial charge on any atom is 1.00 e. The molecule has 0 aliphatic rings. The first-order valence-corrected chi connectivity index (χ1v) is 2.53. The van der Waals surface area contributed by atoms with Crippen molar-refractivity contribution < 1.29 is 39.5 Å². The number of carbonyl (C=O) groups is 1. The molecule has 3 heteroatoms. The summed E-state index contributed by atoms with van der Waals surface area (Å²) in [5.74, 6) is -1.04. The molecule has 0 aliphatic carbocycles. The average Bonchev–Trinajstić information content (AvgIpc) is 1.65. The van der Waals surface area contributed by atoms with Crippen LogP contribution in [0.1, 0.15) is 19.8 Å². The minimum Gasteiger partial charge on any atom is -0.550 e. The van der Waals surface area contributed by atoms with E-state index in [9.17, 15) is 9.90 Å². The molecule has 0 fully saturated rings. The molecule has 46 valence electrons. The van der Waals surface area contributed by atoms with Crippen molar-refractivity contribution in [3.63, 3.8) is 0 Å². The predicted octanol–water partition coefficient (Wildman–Crippen LogP) is -2.90. The van der Waals surface area contributed by atoms with Gasteiger partial charge in [-0.05, 0) is 6.42 Å². The number of hydrogen-bond acceptors (Lipinski definition) is 2. The second-order valence-corrected chi connectivity index (χ2v) is 1.65. The van der Waals surface area contributed by atoms with Gasteiger partial charge in [0, 0.05) is 12.4 Å². The van der Waals surface area contributed by atoms with Crippen LogP contribution in [0.15, 0.2) is 12.2 Å². The molecule has 2 nitrogen and oxygen atoms in total. The Kier molecular flexibility index (Phi) is 8.40. The summed E-state index contributed by atoms with van der Waals surface area (Å²) >= 11 is 0. The second-order valence-electron chi connectivity index (χ2n) is 1.65. The van der Waals surface area contributed by atoms with Gasteiger partial charge in [-0.3, -0.25) is 0 Å². The molecule has 0 rings (SSSR count).